The van der Waals surface area contributed by atoms with Gasteiger partial charge in [0.15, 0.2) is 0 Å². The SMILES string of the molecule is c1ccc(-c2ccccc2-c2ccccc2N(c2cccc(-c3ccc4oc5ccccc5c4c3)c2)c2ccc3c(c2)C2(c4ccccc4-3)c3ccccc3-n3c4cccc(-c5ccc(N(c6ccc7c(c6)C6(c8ccccc8-7)c7ccccc7-n7c8ccccc8c8cccc6c87)c6ccccc6-c6ccccc6-c6ccccc6)c(-c6ccc7oc8ccccc8c7c6)c5)c4c4cccc2c43)cc1. The van der Waals surface area contributed by atoms with E-state index in [1.807, 2.05) is 6.07 Å². The van der Waals surface area contributed by atoms with Gasteiger partial charge in [-0.3, -0.25) is 0 Å². The molecule has 0 saturated carbocycles. The third-order valence-corrected chi connectivity index (χ3v) is 30.9. The van der Waals surface area contributed by atoms with E-state index in [9.17, 15) is 0 Å². The van der Waals surface area contributed by atoms with Gasteiger partial charge in [-0.1, -0.05) is 376 Å². The number of rotatable bonds is 13. The summed E-state index contributed by atoms with van der Waals surface area (Å²) >= 11 is 0. The summed E-state index contributed by atoms with van der Waals surface area (Å²) in [5.41, 5.74) is 45.5. The average Bonchev–Trinajstić information content (AvgIpc) is 1.50. The lowest BCUT2D eigenvalue weighted by atomic mass is 9.65. The third kappa shape index (κ3) is 11.0. The molecule has 2 atom stereocenters. The van der Waals surface area contributed by atoms with Crippen LogP contribution in [-0.4, -0.2) is 9.13 Å². The van der Waals surface area contributed by atoms with Gasteiger partial charge in [0.05, 0.1) is 61.3 Å². The molecule has 0 N–H and O–H groups in total. The van der Waals surface area contributed by atoms with Crippen LogP contribution in [0.15, 0.2) is 506 Å². The first-order chi connectivity index (χ1) is 69.5. The van der Waals surface area contributed by atoms with Crippen LogP contribution in [0.25, 0.3) is 199 Å². The monoisotopic (exact) mass is 1780 g/mol. The lowest BCUT2D eigenvalue weighted by molar-refractivity contribution is 0.668. The topological polar surface area (TPSA) is 42.6 Å². The summed E-state index contributed by atoms with van der Waals surface area (Å²) in [5.74, 6) is 0. The number of hydrogen-bond donors (Lipinski definition) is 0. The zero-order chi connectivity index (χ0) is 91.6. The van der Waals surface area contributed by atoms with E-state index in [1.54, 1.807) is 0 Å². The molecule has 6 nitrogen and oxygen atoms in total. The van der Waals surface area contributed by atoms with Crippen molar-refractivity contribution in [3.63, 3.8) is 0 Å². The fourth-order valence-corrected chi connectivity index (χ4v) is 25.3. The molecule has 2 spiro atoms. The Bertz CT molecular complexity index is 9770. The lowest BCUT2D eigenvalue weighted by Crippen LogP contribution is -2.33. The van der Waals surface area contributed by atoms with Gasteiger partial charge in [-0.15, -0.1) is 0 Å². The third-order valence-electron chi connectivity index (χ3n) is 30.9. The normalized spacial score (nSPS) is 14.5. The second kappa shape index (κ2) is 30.1. The zero-order valence-corrected chi connectivity index (χ0v) is 75.9. The number of benzene rings is 22. The first kappa shape index (κ1) is 78.0. The van der Waals surface area contributed by atoms with Crippen LogP contribution in [-0.2, 0) is 10.8 Å². The number of furan rings is 2. The molecule has 30 rings (SSSR count). The van der Waals surface area contributed by atoms with E-state index >= 15 is 0 Å². The quantitative estimate of drug-likeness (QED) is 0.115. The first-order valence-electron chi connectivity index (χ1n) is 48.4. The second-order valence-corrected chi connectivity index (χ2v) is 37.8. The van der Waals surface area contributed by atoms with Gasteiger partial charge in [-0.05, 0) is 249 Å². The summed E-state index contributed by atoms with van der Waals surface area (Å²) in [6, 6.07) is 187. The molecule has 650 valence electrons. The predicted molar refractivity (Wildman–Crippen MR) is 579 cm³/mol. The molecule has 0 amide bonds. The fraction of sp³-hybridized carbons (Fsp3) is 0.0149. The molecule has 26 aromatic rings. The summed E-state index contributed by atoms with van der Waals surface area (Å²) in [6.07, 6.45) is 0. The van der Waals surface area contributed by atoms with Crippen molar-refractivity contribution in [3.8, 4) is 112 Å². The van der Waals surface area contributed by atoms with E-state index in [1.165, 1.54) is 111 Å². The minimum absolute atomic E-state index is 0.742. The Morgan fingerprint density at radius 1 is 0.171 bits per heavy atom. The molecule has 2 aliphatic carbocycles. The van der Waals surface area contributed by atoms with Crippen LogP contribution in [0.2, 0.25) is 0 Å². The molecule has 0 bridgehead atoms. The molecular formula is C134H82N4O2. The summed E-state index contributed by atoms with van der Waals surface area (Å²) in [6.45, 7) is 0. The highest BCUT2D eigenvalue weighted by Crippen LogP contribution is 2.66. The zero-order valence-electron chi connectivity index (χ0n) is 75.9. The van der Waals surface area contributed by atoms with E-state index in [0.717, 1.165) is 167 Å². The smallest absolute Gasteiger partial charge is 0.135 e. The summed E-state index contributed by atoms with van der Waals surface area (Å²) < 4.78 is 18.4. The number of aromatic nitrogens is 2. The standard InChI is InChI=1S/C134H82N4O2/c1-3-33-83(34-4-1)92-39-7-9-41-95(92)101-45-13-22-59-119(101)135(89-38-29-37-85(77-89)86-68-75-128-109(78-86)104-48-16-27-65-126(104)139-128)90-70-72-99-97-43-12-19-54-112(97)134(117(99)81-90)114-56-21-26-63-124(114)138-125-64-32-50-94(130(125)107-52-31-58-116(134)132(107)138)87-67-74-122(108(79-87)88-69-76-129-110(80-88)105-49-17-28-66-127(105)140-129)136(120-60-23-14-46-102(120)96-42-10-8-40-93(96)84-35-5-2-6-36-84)91-71-73-100-98-44-11-18-53-111(98)133(118(100)82-91)113-55-20-25-62-123(113)137-121-61-24-15-47-103(121)106-51-30-57-115(133)131(106)137/h1-82H. The maximum atomic E-state index is 6.79. The van der Waals surface area contributed by atoms with Crippen LogP contribution in [0.3, 0.4) is 0 Å². The van der Waals surface area contributed by atoms with Crippen molar-refractivity contribution in [2.45, 2.75) is 10.8 Å². The van der Waals surface area contributed by atoms with E-state index in [4.69, 9.17) is 8.83 Å². The minimum atomic E-state index is -0.821. The predicted octanol–water partition coefficient (Wildman–Crippen LogP) is 35.6. The highest BCUT2D eigenvalue weighted by atomic mass is 16.3. The lowest BCUT2D eigenvalue weighted by Gasteiger charge is -2.40. The van der Waals surface area contributed by atoms with Crippen molar-refractivity contribution in [2.75, 3.05) is 9.80 Å². The van der Waals surface area contributed by atoms with Crippen LogP contribution in [0, 0.1) is 0 Å². The van der Waals surface area contributed by atoms with Crippen LogP contribution >= 0.6 is 0 Å². The van der Waals surface area contributed by atoms with E-state index < -0.39 is 10.8 Å². The van der Waals surface area contributed by atoms with Gasteiger partial charge in [0.25, 0.3) is 0 Å². The Morgan fingerprint density at radius 2 is 0.543 bits per heavy atom. The summed E-state index contributed by atoms with van der Waals surface area (Å²) in [4.78, 5) is 5.12. The van der Waals surface area contributed by atoms with Crippen LogP contribution in [0.1, 0.15) is 44.5 Å². The van der Waals surface area contributed by atoms with Gasteiger partial charge >= 0.3 is 0 Å². The van der Waals surface area contributed by atoms with E-state index in [-0.39, 0.29) is 0 Å². The van der Waals surface area contributed by atoms with Crippen molar-refractivity contribution >= 4 is 122 Å². The Kier molecular flexibility index (Phi) is 16.8. The summed E-state index contributed by atoms with van der Waals surface area (Å²) in [5, 5.41) is 9.14. The molecule has 2 aliphatic heterocycles. The molecule has 0 radical (unpaired) electrons. The van der Waals surface area contributed by atoms with Gasteiger partial charge in [0.1, 0.15) is 22.3 Å². The van der Waals surface area contributed by atoms with Gasteiger partial charge in [-0.25, -0.2) is 0 Å². The highest BCUT2D eigenvalue weighted by Gasteiger charge is 2.54. The molecular weight excluding hydrogens is 1700 g/mol. The van der Waals surface area contributed by atoms with Crippen molar-refractivity contribution in [2.24, 2.45) is 0 Å². The first-order valence-corrected chi connectivity index (χ1v) is 48.4. The number of anilines is 6. The number of hydrogen-bond acceptors (Lipinski definition) is 4. The molecule has 0 fully saturated rings. The molecule has 0 saturated heterocycles. The average molecular weight is 1780 g/mol. The maximum Gasteiger partial charge on any atom is 0.135 e. The summed E-state index contributed by atoms with van der Waals surface area (Å²) in [7, 11) is 0. The van der Waals surface area contributed by atoms with Gasteiger partial charge < -0.3 is 27.8 Å². The van der Waals surface area contributed by atoms with E-state index in [0.29, 0.717) is 0 Å². The van der Waals surface area contributed by atoms with Crippen LogP contribution in [0.4, 0.5) is 34.1 Å². The van der Waals surface area contributed by atoms with Crippen molar-refractivity contribution < 1.29 is 8.83 Å². The minimum Gasteiger partial charge on any atom is -0.456 e. The highest BCUT2D eigenvalue weighted by molar-refractivity contribution is 6.20. The number of para-hydroxylation sites is 9. The van der Waals surface area contributed by atoms with E-state index in [2.05, 4.69) is 510 Å². The molecule has 140 heavy (non-hydrogen) atoms. The number of nitrogens with zero attached hydrogens (tertiary/aromatic N) is 4. The molecule has 4 aliphatic rings. The van der Waals surface area contributed by atoms with Crippen molar-refractivity contribution in [1.82, 2.24) is 9.13 Å². The molecule has 22 aromatic carbocycles. The van der Waals surface area contributed by atoms with Crippen LogP contribution in [0.5, 0.6) is 0 Å². The maximum absolute atomic E-state index is 6.79. The van der Waals surface area contributed by atoms with Gasteiger partial charge in [0.2, 0.25) is 0 Å². The van der Waals surface area contributed by atoms with Gasteiger partial charge in [0, 0.05) is 76.8 Å². The van der Waals surface area contributed by atoms with Gasteiger partial charge in [-0.2, -0.15) is 0 Å². The fourth-order valence-electron chi connectivity index (χ4n) is 25.3. The molecule has 4 aromatic heterocycles. The largest absolute Gasteiger partial charge is 0.456 e. The Hall–Kier alpha value is -18.4. The molecule has 6 heteroatoms. The second-order valence-electron chi connectivity index (χ2n) is 37.8. The van der Waals surface area contributed by atoms with Crippen molar-refractivity contribution in [1.29, 1.82) is 0 Å². The molecule has 2 unspecified atom stereocenters. The Labute approximate surface area is 808 Å². The Morgan fingerprint density at radius 3 is 1.15 bits per heavy atom. The number of fused-ring (bicyclic) bond motifs is 30. The Balaban J connectivity index is 0.647. The van der Waals surface area contributed by atoms with Crippen molar-refractivity contribution in [3.05, 3.63) is 542 Å². The van der Waals surface area contributed by atoms with Crippen LogP contribution < -0.4 is 9.80 Å². The molecule has 6 heterocycles.